The molecule has 152 valence electrons. The van der Waals surface area contributed by atoms with Gasteiger partial charge in [-0.3, -0.25) is 0 Å². The van der Waals surface area contributed by atoms with Crippen LogP contribution in [-0.2, 0) is 4.74 Å². The van der Waals surface area contributed by atoms with Gasteiger partial charge >= 0.3 is 0 Å². The first kappa shape index (κ1) is 19.2. The van der Waals surface area contributed by atoms with Gasteiger partial charge in [0.05, 0.1) is 31.5 Å². The Morgan fingerprint density at radius 3 is 2.76 bits per heavy atom. The normalized spacial score (nSPS) is 16.0. The third-order valence-corrected chi connectivity index (χ3v) is 4.96. The van der Waals surface area contributed by atoms with Gasteiger partial charge in [0.1, 0.15) is 5.82 Å². The molecule has 3 aromatic rings. The van der Waals surface area contributed by atoms with Crippen LogP contribution in [0.4, 0.5) is 5.82 Å². The maximum Gasteiger partial charge on any atom is 0.259 e. The average molecular weight is 396 g/mol. The number of rotatable bonds is 7. The second kappa shape index (κ2) is 8.48. The quantitative estimate of drug-likeness (QED) is 0.601. The van der Waals surface area contributed by atoms with Crippen molar-refractivity contribution in [3.05, 3.63) is 36.5 Å². The number of methoxy groups -OCH3 is 2. The largest absolute Gasteiger partial charge is 0.493 e. The highest BCUT2D eigenvalue weighted by Crippen LogP contribution is 2.37. The van der Waals surface area contributed by atoms with Crippen LogP contribution in [0.25, 0.3) is 22.8 Å². The van der Waals surface area contributed by atoms with Crippen molar-refractivity contribution in [2.24, 2.45) is 0 Å². The highest BCUT2D eigenvalue weighted by molar-refractivity contribution is 5.69. The van der Waals surface area contributed by atoms with E-state index in [0.717, 1.165) is 37.4 Å². The highest BCUT2D eigenvalue weighted by atomic mass is 16.5. The van der Waals surface area contributed by atoms with Gasteiger partial charge in [0.15, 0.2) is 11.5 Å². The van der Waals surface area contributed by atoms with Gasteiger partial charge < -0.3 is 23.6 Å². The van der Waals surface area contributed by atoms with Gasteiger partial charge in [0, 0.05) is 26.4 Å². The van der Waals surface area contributed by atoms with Crippen molar-refractivity contribution in [1.29, 1.82) is 0 Å². The molecule has 1 saturated heterocycles. The van der Waals surface area contributed by atoms with Crippen molar-refractivity contribution in [3.8, 4) is 34.3 Å². The smallest absolute Gasteiger partial charge is 0.259 e. The van der Waals surface area contributed by atoms with Crippen molar-refractivity contribution in [3.63, 3.8) is 0 Å². The summed E-state index contributed by atoms with van der Waals surface area (Å²) in [5.41, 5.74) is 1.45. The molecular formula is C21H24N4O4. The van der Waals surface area contributed by atoms with E-state index in [-0.39, 0.29) is 6.10 Å². The molecule has 0 N–H and O–H groups in total. The van der Waals surface area contributed by atoms with Crippen LogP contribution in [-0.4, -0.2) is 55.6 Å². The minimum atomic E-state index is 0.276. The molecule has 0 amide bonds. The van der Waals surface area contributed by atoms with Crippen molar-refractivity contribution in [2.75, 3.05) is 39.3 Å². The molecule has 1 atom stereocenters. The molecule has 0 spiro atoms. The Labute approximate surface area is 169 Å². The van der Waals surface area contributed by atoms with E-state index >= 15 is 0 Å². The lowest BCUT2D eigenvalue weighted by molar-refractivity contribution is 0.116. The molecule has 0 aliphatic carbocycles. The molecule has 3 heterocycles. The van der Waals surface area contributed by atoms with Crippen LogP contribution in [0.15, 0.2) is 41.1 Å². The molecule has 1 aliphatic heterocycles. The molecule has 1 aromatic carbocycles. The zero-order valence-electron chi connectivity index (χ0n) is 16.8. The van der Waals surface area contributed by atoms with Gasteiger partial charge in [-0.25, -0.2) is 4.98 Å². The maximum atomic E-state index is 5.70. The van der Waals surface area contributed by atoms with E-state index in [1.54, 1.807) is 20.4 Å². The Morgan fingerprint density at radius 2 is 2.07 bits per heavy atom. The number of anilines is 1. The van der Waals surface area contributed by atoms with Gasteiger partial charge in [-0.05, 0) is 37.1 Å². The predicted octanol–water partition coefficient (Wildman–Crippen LogP) is 3.43. The van der Waals surface area contributed by atoms with Gasteiger partial charge in [0.25, 0.3) is 5.89 Å². The number of hydrogen-bond acceptors (Lipinski definition) is 8. The van der Waals surface area contributed by atoms with Crippen molar-refractivity contribution < 1.29 is 18.7 Å². The summed E-state index contributed by atoms with van der Waals surface area (Å²) < 4.78 is 21.9. The van der Waals surface area contributed by atoms with Crippen LogP contribution < -0.4 is 14.4 Å². The number of aromatic nitrogens is 3. The minimum Gasteiger partial charge on any atom is -0.493 e. The summed E-state index contributed by atoms with van der Waals surface area (Å²) in [6.07, 6.45) is 4.24. The Balaban J connectivity index is 1.52. The molecule has 1 aliphatic rings. The van der Waals surface area contributed by atoms with Gasteiger partial charge in [-0.1, -0.05) is 11.2 Å². The van der Waals surface area contributed by atoms with Crippen molar-refractivity contribution in [1.82, 2.24) is 15.1 Å². The summed E-state index contributed by atoms with van der Waals surface area (Å²) in [5.74, 6) is 2.86. The summed E-state index contributed by atoms with van der Waals surface area (Å²) in [6.45, 7) is 1.68. The van der Waals surface area contributed by atoms with E-state index in [0.29, 0.717) is 28.8 Å². The monoisotopic (exact) mass is 396 g/mol. The molecule has 8 nitrogen and oxygen atoms in total. The van der Waals surface area contributed by atoms with Crippen LogP contribution >= 0.6 is 0 Å². The molecule has 29 heavy (non-hydrogen) atoms. The molecule has 1 unspecified atom stereocenters. The number of para-hydroxylation sites is 1. The summed E-state index contributed by atoms with van der Waals surface area (Å²) >= 11 is 0. The number of likely N-dealkylation sites (N-methyl/N-ethyl adjacent to an activating group) is 1. The van der Waals surface area contributed by atoms with Crippen molar-refractivity contribution >= 4 is 5.82 Å². The topological polar surface area (TPSA) is 82.7 Å². The first-order valence-electron chi connectivity index (χ1n) is 9.54. The number of ether oxygens (including phenoxy) is 3. The number of pyridine rings is 1. The van der Waals surface area contributed by atoms with E-state index in [9.17, 15) is 0 Å². The third kappa shape index (κ3) is 4.02. The second-order valence-electron chi connectivity index (χ2n) is 6.88. The Hall–Kier alpha value is -3.13. The van der Waals surface area contributed by atoms with Crippen LogP contribution in [0.1, 0.15) is 12.8 Å². The SMILES string of the molecule is COc1cccc(-c2noc(-c3ccc(N(C)CC4CCCO4)nc3)n2)c1OC. The lowest BCUT2D eigenvalue weighted by Gasteiger charge is -2.21. The molecule has 4 rings (SSSR count). The minimum absolute atomic E-state index is 0.276. The van der Waals surface area contributed by atoms with E-state index in [1.807, 2.05) is 37.4 Å². The standard InChI is InChI=1S/C21H24N4O4/c1-25(13-15-6-5-11-28-15)18-10-9-14(12-22-18)21-23-20(24-29-21)16-7-4-8-17(26-2)19(16)27-3/h4,7-10,12,15H,5-6,11,13H2,1-3H3. The zero-order chi connectivity index (χ0) is 20.2. The zero-order valence-corrected chi connectivity index (χ0v) is 16.8. The summed E-state index contributed by atoms with van der Waals surface area (Å²) in [7, 11) is 5.19. The maximum absolute atomic E-state index is 5.70. The van der Waals surface area contributed by atoms with Gasteiger partial charge in [-0.15, -0.1) is 0 Å². The Kier molecular flexibility index (Phi) is 5.62. The lowest BCUT2D eigenvalue weighted by Crippen LogP contribution is -2.29. The van der Waals surface area contributed by atoms with Crippen LogP contribution in [0.2, 0.25) is 0 Å². The van der Waals surface area contributed by atoms with E-state index in [2.05, 4.69) is 20.0 Å². The van der Waals surface area contributed by atoms with Crippen LogP contribution in [0.5, 0.6) is 11.5 Å². The summed E-state index contributed by atoms with van der Waals surface area (Å²) in [5, 5.41) is 4.10. The average Bonchev–Trinajstić information content (AvgIpc) is 3.45. The fraction of sp³-hybridized carbons (Fsp3) is 0.381. The third-order valence-electron chi connectivity index (χ3n) is 4.96. The molecule has 0 radical (unpaired) electrons. The molecular weight excluding hydrogens is 372 g/mol. The van der Waals surface area contributed by atoms with Crippen molar-refractivity contribution in [2.45, 2.75) is 18.9 Å². The molecule has 2 aromatic heterocycles. The molecule has 0 saturated carbocycles. The van der Waals surface area contributed by atoms with Gasteiger partial charge in [0.2, 0.25) is 5.82 Å². The number of benzene rings is 1. The van der Waals surface area contributed by atoms with E-state index in [1.165, 1.54) is 0 Å². The second-order valence-corrected chi connectivity index (χ2v) is 6.88. The number of hydrogen-bond donors (Lipinski definition) is 0. The summed E-state index contributed by atoms with van der Waals surface area (Å²) in [6, 6.07) is 9.40. The predicted molar refractivity (Wildman–Crippen MR) is 108 cm³/mol. The molecule has 8 heteroatoms. The Morgan fingerprint density at radius 1 is 1.17 bits per heavy atom. The first-order chi connectivity index (χ1) is 14.2. The van der Waals surface area contributed by atoms with E-state index in [4.69, 9.17) is 18.7 Å². The number of nitrogens with zero attached hydrogens (tertiary/aromatic N) is 4. The fourth-order valence-corrected chi connectivity index (χ4v) is 3.44. The summed E-state index contributed by atoms with van der Waals surface area (Å²) in [4.78, 5) is 11.1. The Bertz CT molecular complexity index is 952. The highest BCUT2D eigenvalue weighted by Gasteiger charge is 2.20. The van der Waals surface area contributed by atoms with Crippen LogP contribution in [0, 0.1) is 0 Å². The van der Waals surface area contributed by atoms with Crippen LogP contribution in [0.3, 0.4) is 0 Å². The lowest BCUT2D eigenvalue weighted by atomic mass is 10.1. The molecule has 0 bridgehead atoms. The van der Waals surface area contributed by atoms with E-state index < -0.39 is 0 Å². The first-order valence-corrected chi connectivity index (χ1v) is 9.54. The molecule has 1 fully saturated rings. The fourth-order valence-electron chi connectivity index (χ4n) is 3.44. The van der Waals surface area contributed by atoms with Gasteiger partial charge in [-0.2, -0.15) is 4.98 Å².